The van der Waals surface area contributed by atoms with Gasteiger partial charge in [0.05, 0.1) is 0 Å². The van der Waals surface area contributed by atoms with Crippen LogP contribution in [0.4, 0.5) is 4.79 Å². The van der Waals surface area contributed by atoms with Crippen LogP contribution in [-0.2, 0) is 6.54 Å². The van der Waals surface area contributed by atoms with Crippen LogP contribution in [0.25, 0.3) is 0 Å². The third-order valence-corrected chi connectivity index (χ3v) is 2.32. The summed E-state index contributed by atoms with van der Waals surface area (Å²) in [4.78, 5) is 12.5. The molecule has 0 aliphatic carbocycles. The summed E-state index contributed by atoms with van der Waals surface area (Å²) in [7, 11) is 0. The number of carboxylic acid groups (broad SMARTS) is 1. The first kappa shape index (κ1) is 12.4. The molecule has 1 aromatic carbocycles. The van der Waals surface area contributed by atoms with E-state index in [0.29, 0.717) is 6.54 Å². The summed E-state index contributed by atoms with van der Waals surface area (Å²) in [6.07, 6.45) is -0.944. The highest BCUT2D eigenvalue weighted by atomic mass is 16.4. The Kier molecular flexibility index (Phi) is 3.42. The maximum atomic E-state index is 11.1. The molecule has 88 valence electrons. The second kappa shape index (κ2) is 4.43. The lowest BCUT2D eigenvalue weighted by atomic mass is 10.1. The zero-order valence-electron chi connectivity index (χ0n) is 9.77. The summed E-state index contributed by atoms with van der Waals surface area (Å²) in [5.41, 5.74) is 0.416. The smallest absolute Gasteiger partial charge is 0.408 e. The summed E-state index contributed by atoms with van der Waals surface area (Å²) >= 11 is 0. The summed E-state index contributed by atoms with van der Waals surface area (Å²) in [5.74, 6) is 0.182. The second-order valence-electron chi connectivity index (χ2n) is 4.71. The number of hydrogen-bond donors (Lipinski definition) is 2. The molecule has 0 spiro atoms. The molecule has 0 bridgehead atoms. The van der Waals surface area contributed by atoms with Gasteiger partial charge in [0.2, 0.25) is 0 Å². The average molecular weight is 223 g/mol. The second-order valence-corrected chi connectivity index (χ2v) is 4.71. The lowest BCUT2D eigenvalue weighted by Gasteiger charge is -2.33. The normalized spacial score (nSPS) is 11.2. The lowest BCUT2D eigenvalue weighted by Crippen LogP contribution is -2.44. The largest absolute Gasteiger partial charge is 0.508 e. The molecule has 1 amide bonds. The topological polar surface area (TPSA) is 60.8 Å². The highest BCUT2D eigenvalue weighted by molar-refractivity contribution is 5.66. The molecule has 0 aromatic heterocycles. The third-order valence-electron chi connectivity index (χ3n) is 2.32. The molecule has 16 heavy (non-hydrogen) atoms. The van der Waals surface area contributed by atoms with E-state index in [1.165, 1.54) is 4.90 Å². The molecule has 1 rings (SSSR count). The van der Waals surface area contributed by atoms with Crippen molar-refractivity contribution >= 4 is 6.09 Å². The van der Waals surface area contributed by atoms with Crippen LogP contribution in [0, 0.1) is 0 Å². The SMILES string of the molecule is CC(C)(C)N(Cc1ccc(O)cc1)C(=O)O. The zero-order valence-corrected chi connectivity index (χ0v) is 9.77. The van der Waals surface area contributed by atoms with E-state index in [1.54, 1.807) is 24.3 Å². The molecule has 4 nitrogen and oxygen atoms in total. The molecule has 0 atom stereocenters. The first-order chi connectivity index (χ1) is 7.30. The molecule has 0 saturated heterocycles. The molecule has 1 aromatic rings. The highest BCUT2D eigenvalue weighted by Gasteiger charge is 2.25. The van der Waals surface area contributed by atoms with Crippen LogP contribution in [0.3, 0.4) is 0 Å². The molecule has 0 saturated carbocycles. The number of hydrogen-bond acceptors (Lipinski definition) is 2. The van der Waals surface area contributed by atoms with Crippen LogP contribution in [0.1, 0.15) is 26.3 Å². The van der Waals surface area contributed by atoms with E-state index in [0.717, 1.165) is 5.56 Å². The van der Waals surface area contributed by atoms with Gasteiger partial charge in [-0.25, -0.2) is 4.79 Å². The summed E-state index contributed by atoms with van der Waals surface area (Å²) in [5, 5.41) is 18.2. The van der Waals surface area contributed by atoms with Crippen molar-refractivity contribution < 1.29 is 15.0 Å². The maximum absolute atomic E-state index is 11.1. The fourth-order valence-electron chi connectivity index (χ4n) is 1.38. The van der Waals surface area contributed by atoms with Crippen LogP contribution < -0.4 is 0 Å². The minimum atomic E-state index is -0.944. The predicted molar refractivity (Wildman–Crippen MR) is 61.4 cm³/mol. The summed E-state index contributed by atoms with van der Waals surface area (Å²) in [6, 6.07) is 6.55. The van der Waals surface area contributed by atoms with E-state index in [2.05, 4.69) is 0 Å². The minimum Gasteiger partial charge on any atom is -0.508 e. The summed E-state index contributed by atoms with van der Waals surface area (Å²) < 4.78 is 0. The van der Waals surface area contributed by atoms with Crippen molar-refractivity contribution in [3.63, 3.8) is 0 Å². The van der Waals surface area contributed by atoms with Crippen LogP contribution in [-0.4, -0.2) is 26.7 Å². The Bertz CT molecular complexity index is 365. The quantitative estimate of drug-likeness (QED) is 0.810. The molecular formula is C12H17NO3. The van der Waals surface area contributed by atoms with Gasteiger partial charge in [-0.05, 0) is 38.5 Å². The van der Waals surface area contributed by atoms with E-state index < -0.39 is 11.6 Å². The molecule has 2 N–H and O–H groups in total. The first-order valence-corrected chi connectivity index (χ1v) is 5.09. The number of amides is 1. The molecule has 0 unspecified atom stereocenters. The van der Waals surface area contributed by atoms with Gasteiger partial charge < -0.3 is 10.2 Å². The zero-order chi connectivity index (χ0) is 12.3. The average Bonchev–Trinajstić information content (AvgIpc) is 2.14. The third kappa shape index (κ3) is 3.15. The Labute approximate surface area is 95.1 Å². The van der Waals surface area contributed by atoms with Gasteiger partial charge in [0.15, 0.2) is 0 Å². The number of benzene rings is 1. The van der Waals surface area contributed by atoms with Gasteiger partial charge in [0.1, 0.15) is 5.75 Å². The Morgan fingerprint density at radius 1 is 1.25 bits per heavy atom. The standard InChI is InChI=1S/C12H17NO3/c1-12(2,3)13(11(15)16)8-9-4-6-10(14)7-5-9/h4-7,14H,8H2,1-3H3,(H,15,16). The van der Waals surface area contributed by atoms with E-state index in [4.69, 9.17) is 10.2 Å². The van der Waals surface area contributed by atoms with Crippen molar-refractivity contribution in [2.24, 2.45) is 0 Å². The van der Waals surface area contributed by atoms with Gasteiger partial charge in [-0.3, -0.25) is 4.90 Å². The number of aromatic hydroxyl groups is 1. The van der Waals surface area contributed by atoms with Crippen LogP contribution in [0.5, 0.6) is 5.75 Å². The summed E-state index contributed by atoms with van der Waals surface area (Å²) in [6.45, 7) is 5.86. The Morgan fingerprint density at radius 3 is 2.12 bits per heavy atom. The van der Waals surface area contributed by atoms with Crippen LogP contribution >= 0.6 is 0 Å². The maximum Gasteiger partial charge on any atom is 0.408 e. The predicted octanol–water partition coefficient (Wildman–Crippen LogP) is 2.67. The van der Waals surface area contributed by atoms with Crippen LogP contribution in [0.2, 0.25) is 0 Å². The number of carbonyl (C=O) groups is 1. The van der Waals surface area contributed by atoms with Gasteiger partial charge in [0.25, 0.3) is 0 Å². The number of phenolic OH excluding ortho intramolecular Hbond substituents is 1. The monoisotopic (exact) mass is 223 g/mol. The van der Waals surface area contributed by atoms with Gasteiger partial charge >= 0.3 is 6.09 Å². The van der Waals surface area contributed by atoms with E-state index in [9.17, 15) is 4.79 Å². The van der Waals surface area contributed by atoms with E-state index >= 15 is 0 Å². The number of nitrogens with zero attached hydrogens (tertiary/aromatic N) is 1. The van der Waals surface area contributed by atoms with Crippen LogP contribution in [0.15, 0.2) is 24.3 Å². The molecule has 4 heteroatoms. The molecule has 0 aliphatic rings. The van der Waals surface area contributed by atoms with Gasteiger partial charge in [-0.2, -0.15) is 0 Å². The fraction of sp³-hybridized carbons (Fsp3) is 0.417. The van der Waals surface area contributed by atoms with Crippen molar-refractivity contribution in [3.8, 4) is 5.75 Å². The van der Waals surface area contributed by atoms with Gasteiger partial charge in [-0.15, -0.1) is 0 Å². The molecule has 0 aliphatic heterocycles. The van der Waals surface area contributed by atoms with Crippen molar-refractivity contribution in [1.82, 2.24) is 4.90 Å². The van der Waals surface area contributed by atoms with E-state index in [-0.39, 0.29) is 5.75 Å². The molecule has 0 fully saturated rings. The Hall–Kier alpha value is -1.71. The Morgan fingerprint density at radius 2 is 1.75 bits per heavy atom. The first-order valence-electron chi connectivity index (χ1n) is 5.09. The molecule has 0 heterocycles. The minimum absolute atomic E-state index is 0.182. The molecular weight excluding hydrogens is 206 g/mol. The van der Waals surface area contributed by atoms with Gasteiger partial charge in [0, 0.05) is 12.1 Å². The number of rotatable bonds is 2. The van der Waals surface area contributed by atoms with Crippen molar-refractivity contribution in [2.75, 3.05) is 0 Å². The van der Waals surface area contributed by atoms with E-state index in [1.807, 2.05) is 20.8 Å². The van der Waals surface area contributed by atoms with Gasteiger partial charge in [-0.1, -0.05) is 12.1 Å². The number of phenols is 1. The fourth-order valence-corrected chi connectivity index (χ4v) is 1.38. The lowest BCUT2D eigenvalue weighted by molar-refractivity contribution is 0.0955. The van der Waals surface area contributed by atoms with Crippen molar-refractivity contribution in [3.05, 3.63) is 29.8 Å². The Balaban J connectivity index is 2.84. The van der Waals surface area contributed by atoms with Crippen molar-refractivity contribution in [2.45, 2.75) is 32.9 Å². The van der Waals surface area contributed by atoms with Crippen molar-refractivity contribution in [1.29, 1.82) is 0 Å². The molecule has 0 radical (unpaired) electrons. The highest BCUT2D eigenvalue weighted by Crippen LogP contribution is 2.18.